The maximum absolute atomic E-state index is 13.6. The molecule has 2 aliphatic rings. The molecule has 1 amide bonds. The van der Waals surface area contributed by atoms with E-state index in [1.807, 2.05) is 0 Å². The van der Waals surface area contributed by atoms with Crippen molar-refractivity contribution >= 4 is 23.2 Å². The first-order valence-electron chi connectivity index (χ1n) is 11.6. The lowest BCUT2D eigenvalue weighted by Crippen LogP contribution is -2.39. The second-order valence-electron chi connectivity index (χ2n) is 9.21. The largest absolute Gasteiger partial charge is 0.453 e. The number of alkyl halides is 5. The summed E-state index contributed by atoms with van der Waals surface area (Å²) in [5, 5.41) is 6.72. The van der Waals surface area contributed by atoms with Crippen LogP contribution in [-0.2, 0) is 16.6 Å². The summed E-state index contributed by atoms with van der Waals surface area (Å²) in [5.41, 5.74) is 5.97. The van der Waals surface area contributed by atoms with Crippen LogP contribution in [-0.4, -0.2) is 52.5 Å². The Morgan fingerprint density at radius 3 is 2.58 bits per heavy atom. The number of carbonyl (C=O) groups is 1. The number of amides is 1. The number of hydrogen-bond donors (Lipinski definition) is 2. The molecular weight excluding hydrogens is 513 g/mol. The van der Waals surface area contributed by atoms with Crippen LogP contribution in [0, 0.1) is 5.92 Å². The van der Waals surface area contributed by atoms with Crippen molar-refractivity contribution in [2.24, 2.45) is 5.92 Å². The van der Waals surface area contributed by atoms with Crippen LogP contribution in [0.25, 0.3) is 17.2 Å². The van der Waals surface area contributed by atoms with E-state index >= 15 is 0 Å². The normalized spacial score (nSPS) is 19.6. The van der Waals surface area contributed by atoms with E-state index in [9.17, 15) is 26.7 Å². The summed E-state index contributed by atoms with van der Waals surface area (Å²) in [6.45, 7) is 0. The van der Waals surface area contributed by atoms with Crippen LogP contribution in [0.1, 0.15) is 36.2 Å². The van der Waals surface area contributed by atoms with Crippen LogP contribution in [0.4, 0.5) is 33.6 Å². The molecule has 1 aliphatic heterocycles. The van der Waals surface area contributed by atoms with E-state index in [-0.39, 0.29) is 46.3 Å². The number of nitrogens with two attached hydrogens (primary N) is 1. The van der Waals surface area contributed by atoms with Gasteiger partial charge in [-0.1, -0.05) is 6.07 Å². The Morgan fingerprint density at radius 1 is 1.11 bits per heavy atom. The van der Waals surface area contributed by atoms with Crippen LogP contribution < -0.4 is 11.1 Å². The first-order valence-corrected chi connectivity index (χ1v) is 11.6. The number of halogens is 5. The number of nitrogens with zero attached hydrogens (tertiary/aromatic N) is 7. The van der Waals surface area contributed by atoms with Crippen molar-refractivity contribution in [3.63, 3.8) is 0 Å². The molecular formula is C23H18F5N9O. The van der Waals surface area contributed by atoms with Gasteiger partial charge >= 0.3 is 12.1 Å². The molecule has 1 atom stereocenters. The monoisotopic (exact) mass is 531 g/mol. The lowest BCUT2D eigenvalue weighted by Gasteiger charge is -2.27. The number of rotatable bonds is 6. The maximum Gasteiger partial charge on any atom is 0.453 e. The SMILES string of the molecule is Nc1nc(-c2cn3ncnc3c(CCC(F)(F)C(F)(F)F)n2)nc2c1C(c1ccccn1)(C1CC1)C(=O)N2. The quantitative estimate of drug-likeness (QED) is 0.362. The third kappa shape index (κ3) is 3.55. The van der Waals surface area contributed by atoms with Gasteiger partial charge in [0.05, 0.1) is 23.1 Å². The van der Waals surface area contributed by atoms with Crippen molar-refractivity contribution in [1.29, 1.82) is 0 Å². The molecule has 0 saturated heterocycles. The summed E-state index contributed by atoms with van der Waals surface area (Å²) in [6, 6.07) is 5.24. The maximum atomic E-state index is 13.6. The molecule has 1 unspecified atom stereocenters. The zero-order valence-electron chi connectivity index (χ0n) is 19.4. The lowest BCUT2D eigenvalue weighted by molar-refractivity contribution is -0.284. The molecule has 0 aromatic carbocycles. The first-order chi connectivity index (χ1) is 18.0. The average Bonchev–Trinajstić information content (AvgIpc) is 3.52. The van der Waals surface area contributed by atoms with Gasteiger partial charge in [0.1, 0.15) is 29.1 Å². The zero-order chi connectivity index (χ0) is 26.9. The van der Waals surface area contributed by atoms with Crippen LogP contribution in [0.5, 0.6) is 0 Å². The number of pyridine rings is 1. The Bertz CT molecular complexity index is 1570. The molecule has 1 fully saturated rings. The standard InChI is InChI=1S/C23H18F5N9O/c24-21(25,23(26,27)28)7-6-12-19-31-10-32-37(19)9-13(33-12)17-34-16(29)15-18(35-17)36-20(38)22(15,11-4-5-11)14-3-1-2-8-30-14/h1-3,8-11H,4-7H2,(H3,29,34,35,36,38). The van der Waals surface area contributed by atoms with Gasteiger partial charge in [0.15, 0.2) is 11.5 Å². The van der Waals surface area contributed by atoms with E-state index in [4.69, 9.17) is 5.73 Å². The number of nitrogen functional groups attached to an aromatic ring is 1. The number of anilines is 2. The highest BCUT2D eigenvalue weighted by Gasteiger charge is 2.60. The number of hydrogen-bond acceptors (Lipinski definition) is 8. The Kier molecular flexibility index (Phi) is 5.13. The molecule has 38 heavy (non-hydrogen) atoms. The van der Waals surface area contributed by atoms with Crippen molar-refractivity contribution in [3.8, 4) is 11.5 Å². The van der Waals surface area contributed by atoms with E-state index in [0.717, 1.165) is 19.2 Å². The fraction of sp³-hybridized carbons (Fsp3) is 0.348. The summed E-state index contributed by atoms with van der Waals surface area (Å²) in [5.74, 6) is -5.25. The highest BCUT2D eigenvalue weighted by molar-refractivity contribution is 6.09. The average molecular weight is 531 g/mol. The second-order valence-corrected chi connectivity index (χ2v) is 9.21. The van der Waals surface area contributed by atoms with E-state index in [0.29, 0.717) is 11.3 Å². The summed E-state index contributed by atoms with van der Waals surface area (Å²) < 4.78 is 66.5. The van der Waals surface area contributed by atoms with E-state index < -0.39 is 30.4 Å². The minimum Gasteiger partial charge on any atom is -0.383 e. The second kappa shape index (κ2) is 8.10. The first kappa shape index (κ1) is 24.1. The summed E-state index contributed by atoms with van der Waals surface area (Å²) in [4.78, 5) is 34.8. The molecule has 0 spiro atoms. The van der Waals surface area contributed by atoms with Gasteiger partial charge in [0, 0.05) is 12.6 Å². The number of aryl methyl sites for hydroxylation is 1. The van der Waals surface area contributed by atoms with Crippen molar-refractivity contribution in [2.45, 2.75) is 43.2 Å². The predicted octanol–water partition coefficient (Wildman–Crippen LogP) is 3.34. The van der Waals surface area contributed by atoms with Gasteiger partial charge in [-0.2, -0.15) is 27.1 Å². The minimum atomic E-state index is -5.70. The molecule has 4 aromatic rings. The number of aromatic nitrogens is 7. The highest BCUT2D eigenvalue weighted by atomic mass is 19.4. The highest BCUT2D eigenvalue weighted by Crippen LogP contribution is 2.57. The number of carbonyl (C=O) groups excluding carboxylic acids is 1. The van der Waals surface area contributed by atoms with Gasteiger partial charge < -0.3 is 11.1 Å². The number of fused-ring (bicyclic) bond motifs is 2. The van der Waals surface area contributed by atoms with E-state index in [2.05, 4.69) is 35.3 Å². The molecule has 0 bridgehead atoms. The summed E-state index contributed by atoms with van der Waals surface area (Å²) in [7, 11) is 0. The predicted molar refractivity (Wildman–Crippen MR) is 122 cm³/mol. The van der Waals surface area contributed by atoms with Gasteiger partial charge in [0.25, 0.3) is 0 Å². The van der Waals surface area contributed by atoms with Crippen molar-refractivity contribution in [2.75, 3.05) is 11.1 Å². The Morgan fingerprint density at radius 2 is 1.89 bits per heavy atom. The minimum absolute atomic E-state index is 0.00108. The zero-order valence-corrected chi connectivity index (χ0v) is 19.4. The Hall–Kier alpha value is -4.30. The van der Waals surface area contributed by atoms with Gasteiger partial charge in [0.2, 0.25) is 5.91 Å². The molecule has 196 valence electrons. The molecule has 10 nitrogen and oxygen atoms in total. The molecule has 3 N–H and O–H groups in total. The van der Waals surface area contributed by atoms with Crippen LogP contribution in [0.15, 0.2) is 36.9 Å². The Labute approximate surface area is 210 Å². The molecule has 0 radical (unpaired) electrons. The van der Waals surface area contributed by atoms with E-state index in [1.54, 1.807) is 24.4 Å². The van der Waals surface area contributed by atoms with Crippen LogP contribution >= 0.6 is 0 Å². The summed E-state index contributed by atoms with van der Waals surface area (Å²) >= 11 is 0. The third-order valence-electron chi connectivity index (χ3n) is 6.83. The summed E-state index contributed by atoms with van der Waals surface area (Å²) in [6.07, 6.45) is -2.39. The smallest absolute Gasteiger partial charge is 0.383 e. The van der Waals surface area contributed by atoms with Crippen molar-refractivity contribution in [1.82, 2.24) is 34.5 Å². The molecule has 6 rings (SSSR count). The molecule has 1 aliphatic carbocycles. The van der Waals surface area contributed by atoms with Crippen LogP contribution in [0.2, 0.25) is 0 Å². The van der Waals surface area contributed by atoms with E-state index in [1.165, 1.54) is 10.7 Å². The Balaban J connectivity index is 1.44. The topological polar surface area (TPSA) is 137 Å². The van der Waals surface area contributed by atoms with Gasteiger partial charge in [-0.15, -0.1) is 0 Å². The van der Waals surface area contributed by atoms with Gasteiger partial charge in [-0.3, -0.25) is 9.78 Å². The van der Waals surface area contributed by atoms with Crippen LogP contribution in [0.3, 0.4) is 0 Å². The van der Waals surface area contributed by atoms with Crippen molar-refractivity contribution in [3.05, 3.63) is 53.9 Å². The third-order valence-corrected chi connectivity index (χ3v) is 6.83. The fourth-order valence-electron chi connectivity index (χ4n) is 4.93. The molecule has 1 saturated carbocycles. The number of nitrogens with one attached hydrogen (secondary N) is 1. The van der Waals surface area contributed by atoms with Gasteiger partial charge in [-0.05, 0) is 37.3 Å². The molecule has 5 heterocycles. The van der Waals surface area contributed by atoms with Crippen molar-refractivity contribution < 1.29 is 26.7 Å². The van der Waals surface area contributed by atoms with Gasteiger partial charge in [-0.25, -0.2) is 24.5 Å². The molecule has 4 aromatic heterocycles. The molecule has 15 heteroatoms. The lowest BCUT2D eigenvalue weighted by atomic mass is 9.74. The fourth-order valence-corrected chi connectivity index (χ4v) is 4.93.